The molecule has 1 aromatic rings. The van der Waals surface area contributed by atoms with Crippen molar-refractivity contribution in [2.24, 2.45) is 0 Å². The van der Waals surface area contributed by atoms with E-state index in [4.69, 9.17) is 0 Å². The maximum atomic E-state index is 13.2. The van der Waals surface area contributed by atoms with Gasteiger partial charge in [0, 0.05) is 17.6 Å². The van der Waals surface area contributed by atoms with Gasteiger partial charge < -0.3 is 10.0 Å². The summed E-state index contributed by atoms with van der Waals surface area (Å²) in [5.74, 6) is -0.758. The minimum Gasteiger partial charge on any atom is -0.389 e. The summed E-state index contributed by atoms with van der Waals surface area (Å²) in [6, 6.07) is 3.98. The maximum Gasteiger partial charge on any atom is 0.255 e. The molecule has 0 bridgehead atoms. The number of carbonyl (C=O) groups excluding carboxylic acids is 1. The Balaban J connectivity index is 3.00. The lowest BCUT2D eigenvalue weighted by Gasteiger charge is -2.28. The number of likely N-dealkylation sites (N-methyl/N-ethyl adjacent to an activating group) is 1. The number of nitrogens with zero attached hydrogens (tertiary/aromatic N) is 1. The Morgan fingerprint density at radius 2 is 2.11 bits per heavy atom. The van der Waals surface area contributed by atoms with Gasteiger partial charge in [-0.15, -0.1) is 0 Å². The third kappa shape index (κ3) is 4.07. The summed E-state index contributed by atoms with van der Waals surface area (Å²) in [4.78, 5) is 13.7. The lowest BCUT2D eigenvalue weighted by molar-refractivity contribution is 0.0314. The number of carbonyl (C=O) groups is 1. The maximum absolute atomic E-state index is 13.2. The summed E-state index contributed by atoms with van der Waals surface area (Å²) in [5.41, 5.74) is -0.716. The number of aliphatic hydroxyl groups is 1. The van der Waals surface area contributed by atoms with E-state index in [1.807, 2.05) is 6.92 Å². The Labute approximate surface area is 115 Å². The van der Waals surface area contributed by atoms with Crippen molar-refractivity contribution in [1.82, 2.24) is 4.90 Å². The fourth-order valence-corrected chi connectivity index (χ4v) is 2.04. The molecule has 0 spiro atoms. The quantitative estimate of drug-likeness (QED) is 0.927. The number of rotatable bonds is 4. The minimum atomic E-state index is -0.981. The normalized spacial score (nSPS) is 11.4. The summed E-state index contributed by atoms with van der Waals surface area (Å²) in [6.07, 6.45) is 0. The molecule has 1 aromatic carbocycles. The highest BCUT2D eigenvalue weighted by Gasteiger charge is 2.23. The summed E-state index contributed by atoms with van der Waals surface area (Å²) >= 11 is 3.23. The van der Waals surface area contributed by atoms with Gasteiger partial charge >= 0.3 is 0 Å². The molecule has 0 fully saturated rings. The first-order chi connectivity index (χ1) is 8.24. The van der Waals surface area contributed by atoms with Crippen LogP contribution < -0.4 is 0 Å². The van der Waals surface area contributed by atoms with Crippen LogP contribution in [-0.2, 0) is 0 Å². The molecular formula is C13H17BrFNO2. The zero-order valence-electron chi connectivity index (χ0n) is 10.7. The van der Waals surface area contributed by atoms with E-state index in [-0.39, 0.29) is 18.0 Å². The molecule has 0 aliphatic heterocycles. The van der Waals surface area contributed by atoms with Gasteiger partial charge in [0.25, 0.3) is 5.91 Å². The smallest absolute Gasteiger partial charge is 0.255 e. The number of hydrogen-bond acceptors (Lipinski definition) is 2. The van der Waals surface area contributed by atoms with Crippen molar-refractivity contribution in [2.75, 3.05) is 13.1 Å². The van der Waals surface area contributed by atoms with Crippen molar-refractivity contribution in [2.45, 2.75) is 26.4 Å². The van der Waals surface area contributed by atoms with Crippen LogP contribution in [-0.4, -0.2) is 34.6 Å². The van der Waals surface area contributed by atoms with Gasteiger partial charge in [0.2, 0.25) is 0 Å². The van der Waals surface area contributed by atoms with Crippen LogP contribution >= 0.6 is 15.9 Å². The van der Waals surface area contributed by atoms with E-state index < -0.39 is 11.4 Å². The minimum absolute atomic E-state index is 0.200. The lowest BCUT2D eigenvalue weighted by atomic mass is 10.1. The summed E-state index contributed by atoms with van der Waals surface area (Å²) in [5, 5.41) is 9.76. The van der Waals surface area contributed by atoms with E-state index >= 15 is 0 Å². The molecule has 1 rings (SSSR count). The Bertz CT molecular complexity index is 443. The number of halogens is 2. The highest BCUT2D eigenvalue weighted by Crippen LogP contribution is 2.20. The van der Waals surface area contributed by atoms with E-state index in [9.17, 15) is 14.3 Å². The van der Waals surface area contributed by atoms with E-state index in [1.54, 1.807) is 13.8 Å². The van der Waals surface area contributed by atoms with E-state index in [1.165, 1.54) is 23.1 Å². The largest absolute Gasteiger partial charge is 0.389 e. The van der Waals surface area contributed by atoms with Gasteiger partial charge in [-0.05, 0) is 54.9 Å². The molecule has 0 saturated heterocycles. The predicted octanol–water partition coefficient (Wildman–Crippen LogP) is 2.82. The van der Waals surface area contributed by atoms with Gasteiger partial charge in [0.1, 0.15) is 5.82 Å². The third-order valence-corrected chi connectivity index (χ3v) is 3.10. The van der Waals surface area contributed by atoms with E-state index in [2.05, 4.69) is 15.9 Å². The van der Waals surface area contributed by atoms with E-state index in [0.29, 0.717) is 11.0 Å². The zero-order chi connectivity index (χ0) is 13.9. The molecule has 0 heterocycles. The van der Waals surface area contributed by atoms with Crippen LogP contribution in [0.4, 0.5) is 4.39 Å². The Hall–Kier alpha value is -0.940. The molecule has 0 unspecified atom stereocenters. The Morgan fingerprint density at radius 3 is 2.61 bits per heavy atom. The molecule has 3 nitrogen and oxygen atoms in total. The average Bonchev–Trinajstić information content (AvgIpc) is 2.27. The first-order valence-corrected chi connectivity index (χ1v) is 6.50. The number of amides is 1. The van der Waals surface area contributed by atoms with Crippen LogP contribution in [0.2, 0.25) is 0 Å². The lowest BCUT2D eigenvalue weighted by Crippen LogP contribution is -2.42. The van der Waals surface area contributed by atoms with Gasteiger partial charge in [-0.1, -0.05) is 0 Å². The molecule has 0 aliphatic rings. The van der Waals surface area contributed by atoms with Gasteiger partial charge in [-0.3, -0.25) is 4.79 Å². The third-order valence-electron chi connectivity index (χ3n) is 2.41. The molecule has 18 heavy (non-hydrogen) atoms. The highest BCUT2D eigenvalue weighted by molar-refractivity contribution is 9.10. The molecule has 5 heteroatoms. The topological polar surface area (TPSA) is 40.5 Å². The first-order valence-electron chi connectivity index (χ1n) is 5.71. The molecule has 0 atom stereocenters. The number of benzene rings is 1. The van der Waals surface area contributed by atoms with Crippen molar-refractivity contribution < 1.29 is 14.3 Å². The summed E-state index contributed by atoms with van der Waals surface area (Å²) < 4.78 is 13.7. The van der Waals surface area contributed by atoms with Crippen molar-refractivity contribution in [3.05, 3.63) is 34.1 Å². The SMILES string of the molecule is CCN(CC(C)(C)O)C(=O)c1cc(F)ccc1Br. The van der Waals surface area contributed by atoms with Crippen LogP contribution in [0.5, 0.6) is 0 Å². The summed E-state index contributed by atoms with van der Waals surface area (Å²) in [6.45, 7) is 5.72. The fourth-order valence-electron chi connectivity index (χ4n) is 1.63. The molecule has 0 saturated carbocycles. The number of hydrogen-bond donors (Lipinski definition) is 1. The second kappa shape index (κ2) is 5.80. The van der Waals surface area contributed by atoms with Crippen molar-refractivity contribution >= 4 is 21.8 Å². The molecule has 0 aromatic heterocycles. The second-order valence-electron chi connectivity index (χ2n) is 4.76. The van der Waals surface area contributed by atoms with Crippen molar-refractivity contribution in [1.29, 1.82) is 0 Å². The first kappa shape index (κ1) is 15.1. The van der Waals surface area contributed by atoms with Crippen LogP contribution in [0.3, 0.4) is 0 Å². The van der Waals surface area contributed by atoms with Crippen LogP contribution in [0.15, 0.2) is 22.7 Å². The molecule has 0 aliphatic carbocycles. The monoisotopic (exact) mass is 317 g/mol. The van der Waals surface area contributed by atoms with Crippen LogP contribution in [0.25, 0.3) is 0 Å². The van der Waals surface area contributed by atoms with Gasteiger partial charge in [0.15, 0.2) is 0 Å². The molecular weight excluding hydrogens is 301 g/mol. The van der Waals surface area contributed by atoms with Crippen LogP contribution in [0, 0.1) is 5.82 Å². The fraction of sp³-hybridized carbons (Fsp3) is 0.462. The standard InChI is InChI=1S/C13H17BrFNO2/c1-4-16(8-13(2,3)18)12(17)10-7-9(15)5-6-11(10)14/h5-7,18H,4,8H2,1-3H3. The van der Waals surface area contributed by atoms with Gasteiger partial charge in [0.05, 0.1) is 11.2 Å². The molecule has 1 N–H and O–H groups in total. The van der Waals surface area contributed by atoms with Gasteiger partial charge in [-0.2, -0.15) is 0 Å². The average molecular weight is 318 g/mol. The summed E-state index contributed by atoms with van der Waals surface area (Å²) in [7, 11) is 0. The van der Waals surface area contributed by atoms with Crippen molar-refractivity contribution in [3.8, 4) is 0 Å². The molecule has 0 radical (unpaired) electrons. The van der Waals surface area contributed by atoms with Gasteiger partial charge in [-0.25, -0.2) is 4.39 Å². The second-order valence-corrected chi connectivity index (χ2v) is 5.61. The van der Waals surface area contributed by atoms with E-state index in [0.717, 1.165) is 0 Å². The Morgan fingerprint density at radius 1 is 1.50 bits per heavy atom. The predicted molar refractivity (Wildman–Crippen MR) is 72.0 cm³/mol. The highest BCUT2D eigenvalue weighted by atomic mass is 79.9. The Kier molecular flexibility index (Phi) is 4.87. The zero-order valence-corrected chi connectivity index (χ0v) is 12.3. The molecule has 1 amide bonds. The van der Waals surface area contributed by atoms with Crippen molar-refractivity contribution in [3.63, 3.8) is 0 Å². The van der Waals surface area contributed by atoms with Crippen LogP contribution in [0.1, 0.15) is 31.1 Å². The molecule has 100 valence electrons.